The number of carbonyl (C=O) groups is 1. The fourth-order valence-electron chi connectivity index (χ4n) is 3.16. The lowest BCUT2D eigenvalue weighted by molar-refractivity contribution is -0.120. The number of aromatic nitrogens is 1. The molecule has 1 heterocycles. The SMILES string of the molecule is O=C(Cc1c[nH]c2ccccc12)N/N=C/c1cc(Br)ccc1OCc1ccc(F)cc1. The van der Waals surface area contributed by atoms with E-state index in [1.54, 1.807) is 12.1 Å². The molecule has 0 aliphatic heterocycles. The van der Waals surface area contributed by atoms with Crippen LogP contribution in [0.25, 0.3) is 10.9 Å². The lowest BCUT2D eigenvalue weighted by Crippen LogP contribution is -2.19. The van der Waals surface area contributed by atoms with Gasteiger partial charge in [-0.3, -0.25) is 4.79 Å². The molecule has 0 saturated heterocycles. The first kappa shape index (κ1) is 20.8. The summed E-state index contributed by atoms with van der Waals surface area (Å²) < 4.78 is 19.8. The number of para-hydroxylation sites is 1. The summed E-state index contributed by atoms with van der Waals surface area (Å²) in [5.41, 5.74) is 6.01. The topological polar surface area (TPSA) is 66.5 Å². The summed E-state index contributed by atoms with van der Waals surface area (Å²) in [6.45, 7) is 0.287. The molecule has 7 heteroatoms. The molecule has 5 nitrogen and oxygen atoms in total. The van der Waals surface area contributed by atoms with Crippen molar-refractivity contribution in [3.05, 3.63) is 99.9 Å². The van der Waals surface area contributed by atoms with E-state index in [9.17, 15) is 9.18 Å². The number of H-pyrrole nitrogens is 1. The maximum absolute atomic E-state index is 13.1. The molecular weight excluding hydrogens is 461 g/mol. The molecule has 0 atom stereocenters. The van der Waals surface area contributed by atoms with Crippen LogP contribution in [0.15, 0.2) is 82.5 Å². The molecule has 4 rings (SSSR count). The summed E-state index contributed by atoms with van der Waals surface area (Å²) in [5.74, 6) is 0.0931. The van der Waals surface area contributed by atoms with Crippen molar-refractivity contribution in [3.8, 4) is 5.75 Å². The van der Waals surface area contributed by atoms with Crippen LogP contribution in [0, 0.1) is 5.82 Å². The number of ether oxygens (including phenoxy) is 1. The molecule has 2 N–H and O–H groups in total. The average Bonchev–Trinajstić information content (AvgIpc) is 3.17. The molecule has 0 aliphatic carbocycles. The van der Waals surface area contributed by atoms with Gasteiger partial charge in [0.05, 0.1) is 12.6 Å². The van der Waals surface area contributed by atoms with Crippen molar-refractivity contribution < 1.29 is 13.9 Å². The predicted molar refractivity (Wildman–Crippen MR) is 123 cm³/mol. The van der Waals surface area contributed by atoms with Crippen LogP contribution >= 0.6 is 15.9 Å². The third kappa shape index (κ3) is 5.38. The van der Waals surface area contributed by atoms with Gasteiger partial charge in [0, 0.05) is 27.1 Å². The molecule has 0 bridgehead atoms. The molecule has 0 saturated carbocycles. The zero-order valence-electron chi connectivity index (χ0n) is 16.4. The van der Waals surface area contributed by atoms with Crippen LogP contribution in [0.4, 0.5) is 4.39 Å². The molecular formula is C24H19BrFN3O2. The van der Waals surface area contributed by atoms with E-state index in [4.69, 9.17) is 4.74 Å². The van der Waals surface area contributed by atoms with Crippen molar-refractivity contribution >= 4 is 39.0 Å². The molecule has 0 aliphatic rings. The van der Waals surface area contributed by atoms with E-state index in [0.717, 1.165) is 26.5 Å². The van der Waals surface area contributed by atoms with Crippen molar-refractivity contribution in [2.24, 2.45) is 5.10 Å². The van der Waals surface area contributed by atoms with Gasteiger partial charge in [-0.2, -0.15) is 5.10 Å². The van der Waals surface area contributed by atoms with Gasteiger partial charge in [0.1, 0.15) is 18.2 Å². The summed E-state index contributed by atoms with van der Waals surface area (Å²) in [6.07, 6.45) is 3.59. The Morgan fingerprint density at radius 1 is 1.13 bits per heavy atom. The molecule has 0 unspecified atom stereocenters. The number of benzene rings is 3. The number of hydrogen-bond donors (Lipinski definition) is 2. The van der Waals surface area contributed by atoms with E-state index in [1.807, 2.05) is 48.7 Å². The number of carbonyl (C=O) groups excluding carboxylic acids is 1. The van der Waals surface area contributed by atoms with E-state index < -0.39 is 0 Å². The minimum Gasteiger partial charge on any atom is -0.488 e. The van der Waals surface area contributed by atoms with Gasteiger partial charge in [0.2, 0.25) is 5.91 Å². The van der Waals surface area contributed by atoms with Crippen LogP contribution in [0.3, 0.4) is 0 Å². The Labute approximate surface area is 187 Å². The Morgan fingerprint density at radius 3 is 2.77 bits per heavy atom. The first-order valence-corrected chi connectivity index (χ1v) is 10.4. The highest BCUT2D eigenvalue weighted by molar-refractivity contribution is 9.10. The second-order valence-electron chi connectivity index (χ2n) is 6.93. The fourth-order valence-corrected chi connectivity index (χ4v) is 3.54. The molecule has 0 spiro atoms. The van der Waals surface area contributed by atoms with Crippen molar-refractivity contribution in [1.29, 1.82) is 0 Å². The van der Waals surface area contributed by atoms with Crippen molar-refractivity contribution in [2.45, 2.75) is 13.0 Å². The Bertz CT molecular complexity index is 1240. The molecule has 31 heavy (non-hydrogen) atoms. The molecule has 1 aromatic heterocycles. The number of amides is 1. The Hall–Kier alpha value is -3.45. The zero-order chi connectivity index (χ0) is 21.6. The average molecular weight is 480 g/mol. The van der Waals surface area contributed by atoms with Crippen molar-refractivity contribution in [3.63, 3.8) is 0 Å². The Morgan fingerprint density at radius 2 is 1.94 bits per heavy atom. The number of nitrogens with one attached hydrogen (secondary N) is 2. The minimum absolute atomic E-state index is 0.216. The van der Waals surface area contributed by atoms with Gasteiger partial charge in [-0.1, -0.05) is 46.3 Å². The summed E-state index contributed by atoms with van der Waals surface area (Å²) in [4.78, 5) is 15.5. The normalized spacial score (nSPS) is 11.2. The molecule has 4 aromatic rings. The first-order valence-electron chi connectivity index (χ1n) is 9.62. The van der Waals surface area contributed by atoms with Gasteiger partial charge in [-0.25, -0.2) is 9.82 Å². The number of fused-ring (bicyclic) bond motifs is 1. The molecule has 0 fully saturated rings. The third-order valence-corrected chi connectivity index (χ3v) is 5.19. The quantitative estimate of drug-likeness (QED) is 0.277. The van der Waals surface area contributed by atoms with Gasteiger partial charge in [0.25, 0.3) is 0 Å². The highest BCUT2D eigenvalue weighted by Gasteiger charge is 2.08. The number of hydrogen-bond acceptors (Lipinski definition) is 3. The van der Waals surface area contributed by atoms with Crippen LogP contribution in [0.5, 0.6) is 5.75 Å². The maximum Gasteiger partial charge on any atom is 0.244 e. The molecule has 0 radical (unpaired) electrons. The number of nitrogens with zero attached hydrogens (tertiary/aromatic N) is 1. The molecule has 3 aromatic carbocycles. The van der Waals surface area contributed by atoms with E-state index in [1.165, 1.54) is 18.3 Å². The Kier molecular flexibility index (Phi) is 6.43. The van der Waals surface area contributed by atoms with Gasteiger partial charge in [0.15, 0.2) is 0 Å². The van der Waals surface area contributed by atoms with Crippen LogP contribution in [-0.4, -0.2) is 17.1 Å². The maximum atomic E-state index is 13.1. The monoisotopic (exact) mass is 479 g/mol. The summed E-state index contributed by atoms with van der Waals surface area (Å²) >= 11 is 3.43. The van der Waals surface area contributed by atoms with E-state index in [-0.39, 0.29) is 24.8 Å². The number of aromatic amines is 1. The largest absolute Gasteiger partial charge is 0.488 e. The zero-order valence-corrected chi connectivity index (χ0v) is 18.0. The molecule has 156 valence electrons. The predicted octanol–water partition coefficient (Wildman–Crippen LogP) is 5.34. The van der Waals surface area contributed by atoms with Crippen LogP contribution in [0.2, 0.25) is 0 Å². The van der Waals surface area contributed by atoms with Gasteiger partial charge >= 0.3 is 0 Å². The first-order chi connectivity index (χ1) is 15.1. The van der Waals surface area contributed by atoms with Crippen molar-refractivity contribution in [2.75, 3.05) is 0 Å². The van der Waals surface area contributed by atoms with Crippen LogP contribution < -0.4 is 10.2 Å². The third-order valence-electron chi connectivity index (χ3n) is 4.70. The standard InChI is InChI=1S/C24H19BrFN3O2/c25-19-7-10-23(31-15-16-5-8-20(26)9-6-16)18(11-19)14-28-29-24(30)12-17-13-27-22-4-2-1-3-21(17)22/h1-11,13-14,27H,12,15H2,(H,29,30)/b28-14+. The summed E-state index contributed by atoms with van der Waals surface area (Å²) in [7, 11) is 0. The smallest absolute Gasteiger partial charge is 0.244 e. The summed E-state index contributed by atoms with van der Waals surface area (Å²) in [5, 5.41) is 5.10. The van der Waals surface area contributed by atoms with E-state index in [0.29, 0.717) is 11.3 Å². The van der Waals surface area contributed by atoms with Gasteiger partial charge in [-0.05, 0) is 47.5 Å². The van der Waals surface area contributed by atoms with E-state index in [2.05, 4.69) is 31.4 Å². The number of hydrazone groups is 1. The second-order valence-corrected chi connectivity index (χ2v) is 7.84. The minimum atomic E-state index is -0.288. The highest BCUT2D eigenvalue weighted by atomic mass is 79.9. The van der Waals surface area contributed by atoms with Gasteiger partial charge < -0.3 is 9.72 Å². The summed E-state index contributed by atoms with van der Waals surface area (Å²) in [6, 6.07) is 19.5. The van der Waals surface area contributed by atoms with Crippen LogP contribution in [0.1, 0.15) is 16.7 Å². The van der Waals surface area contributed by atoms with Crippen LogP contribution in [-0.2, 0) is 17.8 Å². The lowest BCUT2D eigenvalue weighted by Gasteiger charge is -2.10. The lowest BCUT2D eigenvalue weighted by atomic mass is 10.1. The Balaban J connectivity index is 1.40. The van der Waals surface area contributed by atoms with Crippen molar-refractivity contribution in [1.82, 2.24) is 10.4 Å². The second kappa shape index (κ2) is 9.57. The van der Waals surface area contributed by atoms with E-state index >= 15 is 0 Å². The fraction of sp³-hybridized carbons (Fsp3) is 0.0833. The number of halogens is 2. The van der Waals surface area contributed by atoms with Gasteiger partial charge in [-0.15, -0.1) is 0 Å². The number of rotatable bonds is 7. The highest BCUT2D eigenvalue weighted by Crippen LogP contribution is 2.23. The molecule has 1 amide bonds.